The van der Waals surface area contributed by atoms with Gasteiger partial charge in [0.15, 0.2) is 0 Å². The molecule has 18 heavy (non-hydrogen) atoms. The minimum atomic E-state index is 0. The van der Waals surface area contributed by atoms with Crippen LogP contribution in [0.2, 0.25) is 5.02 Å². The standard InChI is InChI=1S/C13H17ClN2O.ClH/c1-9-8-16(10(2)7-15-9)13(17)11-4-3-5-12(14)6-11;/h3-6,9-10,15H,7-8H2,1-2H3;1H. The Morgan fingerprint density at radius 1 is 1.44 bits per heavy atom. The largest absolute Gasteiger partial charge is 0.333 e. The Morgan fingerprint density at radius 3 is 2.83 bits per heavy atom. The summed E-state index contributed by atoms with van der Waals surface area (Å²) in [6.45, 7) is 5.73. The molecule has 5 heteroatoms. The number of carbonyl (C=O) groups is 1. The van der Waals surface area contributed by atoms with Crippen LogP contribution >= 0.6 is 24.0 Å². The van der Waals surface area contributed by atoms with Crippen LogP contribution in [0.4, 0.5) is 0 Å². The average Bonchev–Trinajstić information content (AvgIpc) is 2.31. The van der Waals surface area contributed by atoms with E-state index in [2.05, 4.69) is 19.2 Å². The highest BCUT2D eigenvalue weighted by atomic mass is 35.5. The van der Waals surface area contributed by atoms with Crippen molar-refractivity contribution in [2.45, 2.75) is 25.9 Å². The third-order valence-corrected chi connectivity index (χ3v) is 3.33. The van der Waals surface area contributed by atoms with Gasteiger partial charge < -0.3 is 10.2 Å². The van der Waals surface area contributed by atoms with E-state index in [1.54, 1.807) is 12.1 Å². The molecule has 0 aliphatic carbocycles. The zero-order valence-corrected chi connectivity index (χ0v) is 12.1. The van der Waals surface area contributed by atoms with Gasteiger partial charge in [0.05, 0.1) is 0 Å². The first kappa shape index (κ1) is 15.3. The Hall–Kier alpha value is -0.770. The van der Waals surface area contributed by atoms with Gasteiger partial charge in [-0.05, 0) is 32.0 Å². The SMILES string of the molecule is CC1CN(C(=O)c2cccc(Cl)c2)C(C)CN1.Cl. The number of nitrogens with zero attached hydrogens (tertiary/aromatic N) is 1. The number of carbonyl (C=O) groups excluding carboxylic acids is 1. The lowest BCUT2D eigenvalue weighted by atomic mass is 10.1. The van der Waals surface area contributed by atoms with Crippen LogP contribution in [-0.2, 0) is 0 Å². The van der Waals surface area contributed by atoms with Gasteiger partial charge in [0, 0.05) is 35.8 Å². The van der Waals surface area contributed by atoms with Crippen LogP contribution in [0.15, 0.2) is 24.3 Å². The summed E-state index contributed by atoms with van der Waals surface area (Å²) in [5.41, 5.74) is 0.665. The molecule has 1 saturated heterocycles. The number of piperazine rings is 1. The molecule has 1 N–H and O–H groups in total. The molecule has 2 unspecified atom stereocenters. The molecule has 1 aromatic carbocycles. The van der Waals surface area contributed by atoms with Gasteiger partial charge in [0.1, 0.15) is 0 Å². The lowest BCUT2D eigenvalue weighted by Crippen LogP contribution is -2.56. The second-order valence-corrected chi connectivity index (χ2v) is 5.06. The van der Waals surface area contributed by atoms with Gasteiger partial charge in [0.25, 0.3) is 5.91 Å². The Labute approximate surface area is 119 Å². The number of halogens is 2. The van der Waals surface area contributed by atoms with E-state index in [0.29, 0.717) is 16.6 Å². The van der Waals surface area contributed by atoms with Gasteiger partial charge in [-0.1, -0.05) is 17.7 Å². The molecule has 1 aliphatic heterocycles. The smallest absolute Gasteiger partial charge is 0.254 e. The highest BCUT2D eigenvalue weighted by molar-refractivity contribution is 6.30. The second-order valence-electron chi connectivity index (χ2n) is 4.63. The first-order chi connectivity index (χ1) is 8.08. The molecule has 100 valence electrons. The molecule has 1 aliphatic rings. The van der Waals surface area contributed by atoms with Crippen molar-refractivity contribution in [3.63, 3.8) is 0 Å². The summed E-state index contributed by atoms with van der Waals surface area (Å²) in [6, 6.07) is 7.69. The third kappa shape index (κ3) is 3.37. The number of hydrogen-bond acceptors (Lipinski definition) is 2. The van der Waals surface area contributed by atoms with Crippen LogP contribution in [0.3, 0.4) is 0 Å². The number of hydrogen-bond donors (Lipinski definition) is 1. The van der Waals surface area contributed by atoms with Crippen molar-refractivity contribution in [3.8, 4) is 0 Å². The van der Waals surface area contributed by atoms with E-state index in [1.807, 2.05) is 17.0 Å². The minimum Gasteiger partial charge on any atom is -0.333 e. The quantitative estimate of drug-likeness (QED) is 0.862. The van der Waals surface area contributed by atoms with Crippen LogP contribution in [-0.4, -0.2) is 36.0 Å². The molecule has 0 saturated carbocycles. The van der Waals surface area contributed by atoms with E-state index in [0.717, 1.165) is 13.1 Å². The lowest BCUT2D eigenvalue weighted by molar-refractivity contribution is 0.0616. The zero-order valence-electron chi connectivity index (χ0n) is 10.5. The first-order valence-electron chi connectivity index (χ1n) is 5.88. The van der Waals surface area contributed by atoms with Crippen LogP contribution in [0, 0.1) is 0 Å². The molecule has 1 aromatic rings. The van der Waals surface area contributed by atoms with Crippen molar-refractivity contribution in [2.75, 3.05) is 13.1 Å². The summed E-state index contributed by atoms with van der Waals surface area (Å²) in [5, 5.41) is 3.96. The van der Waals surface area contributed by atoms with Crippen LogP contribution in [0.5, 0.6) is 0 Å². The molecule has 2 atom stereocenters. The normalized spacial score (nSPS) is 23.4. The van der Waals surface area contributed by atoms with E-state index >= 15 is 0 Å². The van der Waals surface area contributed by atoms with E-state index < -0.39 is 0 Å². The Bertz CT molecular complexity index is 425. The molecule has 1 heterocycles. The number of amides is 1. The van der Waals surface area contributed by atoms with Crippen molar-refractivity contribution in [3.05, 3.63) is 34.9 Å². The molecule has 2 rings (SSSR count). The van der Waals surface area contributed by atoms with Gasteiger partial charge in [-0.25, -0.2) is 0 Å². The number of rotatable bonds is 1. The molecule has 0 aromatic heterocycles. The Morgan fingerprint density at radius 2 is 2.17 bits per heavy atom. The maximum Gasteiger partial charge on any atom is 0.254 e. The van der Waals surface area contributed by atoms with Crippen LogP contribution in [0.25, 0.3) is 0 Å². The monoisotopic (exact) mass is 288 g/mol. The summed E-state index contributed by atoms with van der Waals surface area (Å²) in [7, 11) is 0. The lowest BCUT2D eigenvalue weighted by Gasteiger charge is -2.37. The number of benzene rings is 1. The van der Waals surface area contributed by atoms with Gasteiger partial charge in [0.2, 0.25) is 0 Å². The number of nitrogens with one attached hydrogen (secondary N) is 1. The maximum absolute atomic E-state index is 12.3. The highest BCUT2D eigenvalue weighted by Crippen LogP contribution is 2.16. The topological polar surface area (TPSA) is 32.3 Å². The fourth-order valence-corrected chi connectivity index (χ4v) is 2.28. The van der Waals surface area contributed by atoms with Crippen LogP contribution < -0.4 is 5.32 Å². The van der Waals surface area contributed by atoms with Crippen molar-refractivity contribution in [2.24, 2.45) is 0 Å². The van der Waals surface area contributed by atoms with Gasteiger partial charge >= 0.3 is 0 Å². The Kier molecular flexibility index (Phi) is 5.45. The molecular formula is C13H18Cl2N2O. The van der Waals surface area contributed by atoms with Gasteiger partial charge in [-0.3, -0.25) is 4.79 Å². The summed E-state index contributed by atoms with van der Waals surface area (Å²) in [5.74, 6) is 0.0633. The minimum absolute atomic E-state index is 0. The molecule has 1 fully saturated rings. The molecule has 1 amide bonds. The zero-order chi connectivity index (χ0) is 12.4. The first-order valence-corrected chi connectivity index (χ1v) is 6.25. The molecule has 3 nitrogen and oxygen atoms in total. The predicted octanol–water partition coefficient (Wildman–Crippen LogP) is 2.58. The molecule has 0 bridgehead atoms. The van der Waals surface area contributed by atoms with E-state index in [9.17, 15) is 4.79 Å². The van der Waals surface area contributed by atoms with Crippen molar-refractivity contribution in [1.82, 2.24) is 10.2 Å². The summed E-state index contributed by atoms with van der Waals surface area (Å²) >= 11 is 5.91. The van der Waals surface area contributed by atoms with Gasteiger partial charge in [-0.15, -0.1) is 12.4 Å². The van der Waals surface area contributed by atoms with E-state index in [4.69, 9.17) is 11.6 Å². The molecule has 0 radical (unpaired) electrons. The molecular weight excluding hydrogens is 271 g/mol. The molecule has 0 spiro atoms. The van der Waals surface area contributed by atoms with Crippen molar-refractivity contribution < 1.29 is 4.79 Å². The predicted molar refractivity (Wildman–Crippen MR) is 76.7 cm³/mol. The van der Waals surface area contributed by atoms with Crippen LogP contribution in [0.1, 0.15) is 24.2 Å². The van der Waals surface area contributed by atoms with Crippen molar-refractivity contribution >= 4 is 29.9 Å². The third-order valence-electron chi connectivity index (χ3n) is 3.10. The fraction of sp³-hybridized carbons (Fsp3) is 0.462. The maximum atomic E-state index is 12.3. The summed E-state index contributed by atoms with van der Waals surface area (Å²) < 4.78 is 0. The fourth-order valence-electron chi connectivity index (χ4n) is 2.09. The van der Waals surface area contributed by atoms with Crippen molar-refractivity contribution in [1.29, 1.82) is 0 Å². The van der Waals surface area contributed by atoms with E-state index in [-0.39, 0.29) is 24.4 Å². The summed E-state index contributed by atoms with van der Waals surface area (Å²) in [6.07, 6.45) is 0. The Balaban J connectivity index is 0.00000162. The highest BCUT2D eigenvalue weighted by Gasteiger charge is 2.27. The second kappa shape index (κ2) is 6.41. The average molecular weight is 289 g/mol. The van der Waals surface area contributed by atoms with E-state index in [1.165, 1.54) is 0 Å². The summed E-state index contributed by atoms with van der Waals surface area (Å²) in [4.78, 5) is 14.3. The van der Waals surface area contributed by atoms with Gasteiger partial charge in [-0.2, -0.15) is 0 Å².